The molecule has 0 aliphatic heterocycles. The minimum atomic E-state index is -1.07. The van der Waals surface area contributed by atoms with Crippen molar-refractivity contribution in [2.75, 3.05) is 0 Å². The first-order chi connectivity index (χ1) is 8.15. The fourth-order valence-corrected chi connectivity index (χ4v) is 1.82. The van der Waals surface area contributed by atoms with Crippen LogP contribution in [-0.2, 0) is 6.61 Å². The molecule has 1 N–H and O–H groups in total. The Bertz CT molecular complexity index is 541. The number of carboxylic acid groups (broad SMARTS) is 1. The SMILES string of the molecule is O=C(O)c1cc(COc2cccc(F)c2)sn1. The predicted octanol–water partition coefficient (Wildman–Crippen LogP) is 2.56. The fraction of sp³-hybridized carbons (Fsp3) is 0.0909. The molecule has 0 bridgehead atoms. The summed E-state index contributed by atoms with van der Waals surface area (Å²) in [5, 5.41) is 8.67. The van der Waals surface area contributed by atoms with E-state index >= 15 is 0 Å². The zero-order valence-corrected chi connectivity index (χ0v) is 9.41. The number of ether oxygens (including phenoxy) is 1. The molecule has 0 fully saturated rings. The molecule has 0 aliphatic carbocycles. The van der Waals surface area contributed by atoms with Crippen LogP contribution in [0.15, 0.2) is 30.3 Å². The van der Waals surface area contributed by atoms with E-state index in [1.807, 2.05) is 0 Å². The summed E-state index contributed by atoms with van der Waals surface area (Å²) in [5.74, 6) is -1.05. The van der Waals surface area contributed by atoms with Crippen LogP contribution in [0.4, 0.5) is 4.39 Å². The molecule has 2 aromatic rings. The summed E-state index contributed by atoms with van der Waals surface area (Å²) in [6.45, 7) is 0.175. The van der Waals surface area contributed by atoms with Crippen LogP contribution in [0.1, 0.15) is 15.4 Å². The lowest BCUT2D eigenvalue weighted by atomic mass is 10.3. The molecule has 1 heterocycles. The van der Waals surface area contributed by atoms with Crippen molar-refractivity contribution in [3.63, 3.8) is 0 Å². The van der Waals surface area contributed by atoms with Crippen LogP contribution in [0.3, 0.4) is 0 Å². The van der Waals surface area contributed by atoms with Gasteiger partial charge in [-0.05, 0) is 29.7 Å². The molecule has 2 rings (SSSR count). The maximum atomic E-state index is 12.8. The molecule has 0 saturated heterocycles. The number of aromatic nitrogens is 1. The van der Waals surface area contributed by atoms with Gasteiger partial charge in [0.25, 0.3) is 0 Å². The molecular formula is C11H8FNO3S. The first kappa shape index (κ1) is 11.5. The van der Waals surface area contributed by atoms with Crippen molar-refractivity contribution in [1.82, 2.24) is 4.37 Å². The van der Waals surface area contributed by atoms with E-state index in [4.69, 9.17) is 9.84 Å². The molecule has 0 amide bonds. The van der Waals surface area contributed by atoms with Crippen LogP contribution >= 0.6 is 11.5 Å². The molecule has 0 unspecified atom stereocenters. The Morgan fingerprint density at radius 3 is 2.94 bits per heavy atom. The lowest BCUT2D eigenvalue weighted by molar-refractivity contribution is 0.0692. The van der Waals surface area contributed by atoms with Crippen LogP contribution in [0, 0.1) is 5.82 Å². The molecule has 0 radical (unpaired) electrons. The number of nitrogens with zero attached hydrogens (tertiary/aromatic N) is 1. The Balaban J connectivity index is 2.00. The first-order valence-corrected chi connectivity index (χ1v) is 5.50. The van der Waals surface area contributed by atoms with Gasteiger partial charge in [0.05, 0.1) is 4.88 Å². The van der Waals surface area contributed by atoms with E-state index in [1.54, 1.807) is 12.1 Å². The molecule has 17 heavy (non-hydrogen) atoms. The standard InChI is InChI=1S/C11H8FNO3S/c12-7-2-1-3-8(4-7)16-6-9-5-10(11(14)15)13-17-9/h1-5H,6H2,(H,14,15). The van der Waals surface area contributed by atoms with Crippen molar-refractivity contribution in [2.24, 2.45) is 0 Å². The fourth-order valence-electron chi connectivity index (χ4n) is 1.19. The van der Waals surface area contributed by atoms with Gasteiger partial charge in [0, 0.05) is 6.07 Å². The van der Waals surface area contributed by atoms with Crippen molar-refractivity contribution >= 4 is 17.5 Å². The Hall–Kier alpha value is -1.95. The molecule has 0 saturated carbocycles. The number of benzene rings is 1. The van der Waals surface area contributed by atoms with E-state index in [2.05, 4.69) is 4.37 Å². The molecule has 4 nitrogen and oxygen atoms in total. The van der Waals surface area contributed by atoms with E-state index in [1.165, 1.54) is 18.2 Å². The number of carbonyl (C=O) groups is 1. The van der Waals surface area contributed by atoms with Crippen LogP contribution < -0.4 is 4.74 Å². The average Bonchev–Trinajstić information content (AvgIpc) is 2.75. The first-order valence-electron chi connectivity index (χ1n) is 4.72. The van der Waals surface area contributed by atoms with Gasteiger partial charge in [-0.3, -0.25) is 0 Å². The smallest absolute Gasteiger partial charge is 0.355 e. The molecule has 1 aromatic heterocycles. The van der Waals surface area contributed by atoms with Gasteiger partial charge in [0.15, 0.2) is 5.69 Å². The Labute approximate surface area is 100 Å². The highest BCUT2D eigenvalue weighted by Gasteiger charge is 2.08. The van der Waals surface area contributed by atoms with Gasteiger partial charge in [-0.15, -0.1) is 0 Å². The molecule has 0 atom stereocenters. The zero-order chi connectivity index (χ0) is 12.3. The Kier molecular flexibility index (Phi) is 3.34. The van der Waals surface area contributed by atoms with Gasteiger partial charge < -0.3 is 9.84 Å². The summed E-state index contributed by atoms with van der Waals surface area (Å²) in [6, 6.07) is 7.19. The average molecular weight is 253 g/mol. The Morgan fingerprint density at radius 2 is 2.29 bits per heavy atom. The van der Waals surface area contributed by atoms with Gasteiger partial charge in [0.1, 0.15) is 18.2 Å². The van der Waals surface area contributed by atoms with Gasteiger partial charge in [-0.1, -0.05) is 6.07 Å². The molecule has 0 aliphatic rings. The highest BCUT2D eigenvalue weighted by molar-refractivity contribution is 7.05. The van der Waals surface area contributed by atoms with Gasteiger partial charge in [-0.2, -0.15) is 4.37 Å². The topological polar surface area (TPSA) is 59.4 Å². The number of aromatic carboxylic acids is 1. The molecule has 0 spiro atoms. The van der Waals surface area contributed by atoms with Crippen molar-refractivity contribution in [2.45, 2.75) is 6.61 Å². The van der Waals surface area contributed by atoms with Crippen molar-refractivity contribution < 1.29 is 19.0 Å². The maximum absolute atomic E-state index is 12.8. The van der Waals surface area contributed by atoms with Crippen LogP contribution in [0.2, 0.25) is 0 Å². The minimum Gasteiger partial charge on any atom is -0.488 e. The summed E-state index contributed by atoms with van der Waals surface area (Å²) in [6.07, 6.45) is 0. The summed E-state index contributed by atoms with van der Waals surface area (Å²) >= 11 is 1.05. The molecule has 6 heteroatoms. The van der Waals surface area contributed by atoms with Crippen LogP contribution in [0.25, 0.3) is 0 Å². The van der Waals surface area contributed by atoms with E-state index in [0.717, 1.165) is 11.5 Å². The molecule has 88 valence electrons. The van der Waals surface area contributed by atoms with Crippen molar-refractivity contribution in [3.8, 4) is 5.75 Å². The summed E-state index contributed by atoms with van der Waals surface area (Å²) in [5.41, 5.74) is -0.00663. The largest absolute Gasteiger partial charge is 0.488 e. The van der Waals surface area contributed by atoms with Gasteiger partial charge in [0.2, 0.25) is 0 Å². The van der Waals surface area contributed by atoms with Crippen molar-refractivity contribution in [1.29, 1.82) is 0 Å². The minimum absolute atomic E-state index is 0.00663. The number of hydrogen-bond donors (Lipinski definition) is 1. The number of rotatable bonds is 4. The zero-order valence-electron chi connectivity index (χ0n) is 8.59. The lowest BCUT2D eigenvalue weighted by Gasteiger charge is -2.03. The third kappa shape index (κ3) is 3.01. The number of carboxylic acids is 1. The quantitative estimate of drug-likeness (QED) is 0.909. The third-order valence-corrected chi connectivity index (χ3v) is 2.71. The second-order valence-corrected chi connectivity index (χ2v) is 4.12. The van der Waals surface area contributed by atoms with Crippen LogP contribution in [-0.4, -0.2) is 15.4 Å². The third-order valence-electron chi connectivity index (χ3n) is 1.96. The van der Waals surface area contributed by atoms with Gasteiger partial charge in [-0.25, -0.2) is 9.18 Å². The number of hydrogen-bond acceptors (Lipinski definition) is 4. The van der Waals surface area contributed by atoms with E-state index < -0.39 is 5.97 Å². The highest BCUT2D eigenvalue weighted by atomic mass is 32.1. The molecule has 1 aromatic carbocycles. The highest BCUT2D eigenvalue weighted by Crippen LogP contribution is 2.16. The van der Waals surface area contributed by atoms with Crippen molar-refractivity contribution in [3.05, 3.63) is 46.7 Å². The second-order valence-electron chi connectivity index (χ2n) is 3.23. The second kappa shape index (κ2) is 4.92. The Morgan fingerprint density at radius 1 is 1.47 bits per heavy atom. The maximum Gasteiger partial charge on any atom is 0.355 e. The van der Waals surface area contributed by atoms with E-state index in [0.29, 0.717) is 10.6 Å². The summed E-state index contributed by atoms with van der Waals surface area (Å²) in [4.78, 5) is 11.3. The lowest BCUT2D eigenvalue weighted by Crippen LogP contribution is -1.96. The monoisotopic (exact) mass is 253 g/mol. The predicted molar refractivity (Wildman–Crippen MR) is 59.8 cm³/mol. The van der Waals surface area contributed by atoms with Crippen LogP contribution in [0.5, 0.6) is 5.75 Å². The van der Waals surface area contributed by atoms with E-state index in [-0.39, 0.29) is 18.1 Å². The normalized spacial score (nSPS) is 10.2. The van der Waals surface area contributed by atoms with E-state index in [9.17, 15) is 9.18 Å². The summed E-state index contributed by atoms with van der Waals surface area (Å²) in [7, 11) is 0. The number of halogens is 1. The summed E-state index contributed by atoms with van der Waals surface area (Å²) < 4.78 is 21.9. The van der Waals surface area contributed by atoms with Gasteiger partial charge >= 0.3 is 5.97 Å². The molecular weight excluding hydrogens is 245 g/mol.